The second-order valence-corrected chi connectivity index (χ2v) is 7.18. The fourth-order valence-corrected chi connectivity index (χ4v) is 3.43. The summed E-state index contributed by atoms with van der Waals surface area (Å²) in [6, 6.07) is 17.0. The van der Waals surface area contributed by atoms with Crippen LogP contribution in [0.1, 0.15) is 12.8 Å². The molecule has 2 N–H and O–H groups in total. The van der Waals surface area contributed by atoms with Crippen molar-refractivity contribution in [2.45, 2.75) is 17.7 Å². The number of hydrogen-bond donors (Lipinski definition) is 2. The van der Waals surface area contributed by atoms with Crippen molar-refractivity contribution in [1.29, 1.82) is 0 Å². The molecule has 0 radical (unpaired) electrons. The Morgan fingerprint density at radius 2 is 1.69 bits per heavy atom. The van der Waals surface area contributed by atoms with Gasteiger partial charge in [-0.25, -0.2) is 4.79 Å². The molecule has 0 spiro atoms. The van der Waals surface area contributed by atoms with Gasteiger partial charge in [-0.1, -0.05) is 18.2 Å². The first-order valence-electron chi connectivity index (χ1n) is 8.71. The molecule has 0 aromatic heterocycles. The smallest absolute Gasteiger partial charge is 0.321 e. The van der Waals surface area contributed by atoms with Gasteiger partial charge in [-0.15, -0.1) is 11.8 Å². The molecular weight excluding hydrogens is 346 g/mol. The summed E-state index contributed by atoms with van der Waals surface area (Å²) in [6.07, 6.45) is 3.64. The Labute approximate surface area is 158 Å². The van der Waals surface area contributed by atoms with Crippen LogP contribution in [0.5, 0.6) is 0 Å². The van der Waals surface area contributed by atoms with Crippen molar-refractivity contribution in [2.75, 3.05) is 30.0 Å². The summed E-state index contributed by atoms with van der Waals surface area (Å²) in [4.78, 5) is 27.9. The highest BCUT2D eigenvalue weighted by molar-refractivity contribution is 7.98. The van der Waals surface area contributed by atoms with E-state index in [4.69, 9.17) is 0 Å². The lowest BCUT2D eigenvalue weighted by atomic mass is 9.97. The maximum absolute atomic E-state index is 12.6. The van der Waals surface area contributed by atoms with E-state index in [0.29, 0.717) is 13.1 Å². The SMILES string of the molecule is CSc1ccc(NC(=O)[C@H]2CCCN(C(=O)Nc3ccccc3)C2)cc1. The summed E-state index contributed by atoms with van der Waals surface area (Å²) in [5, 5.41) is 5.85. The molecule has 2 aromatic rings. The molecule has 26 heavy (non-hydrogen) atoms. The summed E-state index contributed by atoms with van der Waals surface area (Å²) in [7, 11) is 0. The average molecular weight is 369 g/mol. The quantitative estimate of drug-likeness (QED) is 0.790. The number of hydrogen-bond acceptors (Lipinski definition) is 3. The molecule has 0 saturated carbocycles. The van der Waals surface area contributed by atoms with Gasteiger partial charge in [-0.05, 0) is 55.5 Å². The van der Waals surface area contributed by atoms with Crippen LogP contribution >= 0.6 is 11.8 Å². The molecular formula is C20H23N3O2S. The Balaban J connectivity index is 1.56. The number of nitrogens with one attached hydrogen (secondary N) is 2. The number of carbonyl (C=O) groups is 2. The third-order valence-corrected chi connectivity index (χ3v) is 5.21. The highest BCUT2D eigenvalue weighted by atomic mass is 32.2. The van der Waals surface area contributed by atoms with Gasteiger partial charge in [0.2, 0.25) is 5.91 Å². The van der Waals surface area contributed by atoms with Gasteiger partial charge in [0, 0.05) is 29.4 Å². The number of amides is 3. The molecule has 5 nitrogen and oxygen atoms in total. The molecule has 0 bridgehead atoms. The maximum atomic E-state index is 12.6. The van der Waals surface area contributed by atoms with Crippen LogP contribution in [0.4, 0.5) is 16.2 Å². The fourth-order valence-electron chi connectivity index (χ4n) is 3.02. The number of nitrogens with zero attached hydrogens (tertiary/aromatic N) is 1. The standard InChI is InChI=1S/C20H23N3O2S/c1-26-18-11-9-17(10-12-18)21-19(24)15-6-5-13-23(14-15)20(25)22-16-7-3-2-4-8-16/h2-4,7-12,15H,5-6,13-14H2,1H3,(H,21,24)(H,22,25)/t15-/m0/s1. The van der Waals surface area contributed by atoms with Crippen LogP contribution in [-0.2, 0) is 4.79 Å². The van der Waals surface area contributed by atoms with E-state index >= 15 is 0 Å². The number of rotatable bonds is 4. The number of thioether (sulfide) groups is 1. The zero-order valence-electron chi connectivity index (χ0n) is 14.8. The number of likely N-dealkylation sites (tertiary alicyclic amines) is 1. The summed E-state index contributed by atoms with van der Waals surface area (Å²) < 4.78 is 0. The number of anilines is 2. The van der Waals surface area contributed by atoms with E-state index in [0.717, 1.165) is 29.1 Å². The van der Waals surface area contributed by atoms with Crippen LogP contribution in [0.25, 0.3) is 0 Å². The minimum absolute atomic E-state index is 0.0286. The molecule has 3 amide bonds. The van der Waals surface area contributed by atoms with Gasteiger partial charge in [0.05, 0.1) is 5.92 Å². The molecule has 3 rings (SSSR count). The second kappa shape index (κ2) is 8.76. The maximum Gasteiger partial charge on any atom is 0.321 e. The molecule has 0 aliphatic carbocycles. The van der Waals surface area contributed by atoms with E-state index in [9.17, 15) is 9.59 Å². The summed E-state index contributed by atoms with van der Waals surface area (Å²) in [6.45, 7) is 1.11. The molecule has 1 aliphatic heterocycles. The zero-order chi connectivity index (χ0) is 18.4. The van der Waals surface area contributed by atoms with Gasteiger partial charge in [-0.2, -0.15) is 0 Å². The minimum atomic E-state index is -0.189. The Kier molecular flexibility index (Phi) is 6.17. The van der Waals surface area contributed by atoms with Gasteiger partial charge < -0.3 is 15.5 Å². The summed E-state index contributed by atoms with van der Waals surface area (Å²) in [5.74, 6) is -0.218. The lowest BCUT2D eigenvalue weighted by molar-refractivity contribution is -0.121. The normalized spacial score (nSPS) is 16.8. The second-order valence-electron chi connectivity index (χ2n) is 6.30. The molecule has 0 unspecified atom stereocenters. The number of carbonyl (C=O) groups excluding carboxylic acids is 2. The van der Waals surface area contributed by atoms with E-state index in [-0.39, 0.29) is 17.9 Å². The molecule has 1 heterocycles. The van der Waals surface area contributed by atoms with Crippen LogP contribution in [0.15, 0.2) is 59.5 Å². The first kappa shape index (κ1) is 18.3. The first-order valence-corrected chi connectivity index (χ1v) is 9.94. The molecule has 1 saturated heterocycles. The van der Waals surface area contributed by atoms with E-state index < -0.39 is 0 Å². The third-order valence-electron chi connectivity index (χ3n) is 4.46. The molecule has 6 heteroatoms. The average Bonchev–Trinajstić information content (AvgIpc) is 2.69. The van der Waals surface area contributed by atoms with Crippen LogP contribution in [0.2, 0.25) is 0 Å². The van der Waals surface area contributed by atoms with Gasteiger partial charge in [0.25, 0.3) is 0 Å². The third kappa shape index (κ3) is 4.79. The molecule has 2 aromatic carbocycles. The van der Waals surface area contributed by atoms with Crippen molar-refractivity contribution in [1.82, 2.24) is 4.90 Å². The number of para-hydroxylation sites is 1. The highest BCUT2D eigenvalue weighted by Crippen LogP contribution is 2.21. The molecule has 1 aliphatic rings. The van der Waals surface area contributed by atoms with Crippen molar-refractivity contribution < 1.29 is 9.59 Å². The van der Waals surface area contributed by atoms with Gasteiger partial charge >= 0.3 is 6.03 Å². The van der Waals surface area contributed by atoms with Crippen LogP contribution in [-0.4, -0.2) is 36.2 Å². The number of urea groups is 1. The Bertz CT molecular complexity index is 749. The predicted molar refractivity (Wildman–Crippen MR) is 107 cm³/mol. The first-order chi connectivity index (χ1) is 12.7. The van der Waals surface area contributed by atoms with Gasteiger partial charge in [-0.3, -0.25) is 4.79 Å². The van der Waals surface area contributed by atoms with E-state index in [1.807, 2.05) is 60.9 Å². The Morgan fingerprint density at radius 1 is 1.00 bits per heavy atom. The fraction of sp³-hybridized carbons (Fsp3) is 0.300. The van der Waals surface area contributed by atoms with Crippen molar-refractivity contribution in [3.63, 3.8) is 0 Å². The van der Waals surface area contributed by atoms with Crippen molar-refractivity contribution in [3.8, 4) is 0 Å². The summed E-state index contributed by atoms with van der Waals surface area (Å²) >= 11 is 1.66. The van der Waals surface area contributed by atoms with Crippen molar-refractivity contribution >= 4 is 35.1 Å². The highest BCUT2D eigenvalue weighted by Gasteiger charge is 2.28. The number of piperidine rings is 1. The zero-order valence-corrected chi connectivity index (χ0v) is 15.6. The number of benzene rings is 2. The monoisotopic (exact) mass is 369 g/mol. The summed E-state index contributed by atoms with van der Waals surface area (Å²) in [5.41, 5.74) is 1.55. The molecule has 1 fully saturated rings. The topological polar surface area (TPSA) is 61.4 Å². The largest absolute Gasteiger partial charge is 0.326 e. The van der Waals surface area contributed by atoms with Gasteiger partial charge in [0.15, 0.2) is 0 Å². The van der Waals surface area contributed by atoms with Crippen molar-refractivity contribution in [3.05, 3.63) is 54.6 Å². The lowest BCUT2D eigenvalue weighted by Crippen LogP contribution is -2.45. The van der Waals surface area contributed by atoms with Crippen molar-refractivity contribution in [2.24, 2.45) is 5.92 Å². The van der Waals surface area contributed by atoms with Crippen LogP contribution in [0, 0.1) is 5.92 Å². The lowest BCUT2D eigenvalue weighted by Gasteiger charge is -2.32. The molecule has 136 valence electrons. The van der Waals surface area contributed by atoms with E-state index in [1.54, 1.807) is 16.7 Å². The van der Waals surface area contributed by atoms with E-state index in [2.05, 4.69) is 10.6 Å². The minimum Gasteiger partial charge on any atom is -0.326 e. The van der Waals surface area contributed by atoms with Crippen LogP contribution in [0.3, 0.4) is 0 Å². The van der Waals surface area contributed by atoms with Gasteiger partial charge in [0.1, 0.15) is 0 Å². The predicted octanol–water partition coefficient (Wildman–Crippen LogP) is 4.29. The van der Waals surface area contributed by atoms with E-state index in [1.165, 1.54) is 0 Å². The van der Waals surface area contributed by atoms with Crippen LogP contribution < -0.4 is 10.6 Å². The Hall–Kier alpha value is -2.47. The molecule has 1 atom stereocenters. The Morgan fingerprint density at radius 3 is 2.38 bits per heavy atom.